The smallest absolute Gasteiger partial charge is 0.366 e. The number of nitrogens with two attached hydrogens (primary N) is 1. The minimum Gasteiger partial charge on any atom is -0.366 e. The molecule has 0 bridgehead atoms. The van der Waals surface area contributed by atoms with E-state index in [1.807, 2.05) is 0 Å². The molecule has 0 aliphatic carbocycles. The quantitative estimate of drug-likeness (QED) is 0.286. The Labute approximate surface area is 202 Å². The lowest BCUT2D eigenvalue weighted by atomic mass is 9.96. The largest absolute Gasteiger partial charge is 0.416 e. The number of halogens is 6. The summed E-state index contributed by atoms with van der Waals surface area (Å²) >= 11 is 0. The minimum absolute atomic E-state index is 0.0916. The maximum absolute atomic E-state index is 13.5. The molecule has 0 saturated heterocycles. The van der Waals surface area contributed by atoms with Gasteiger partial charge in [0.25, 0.3) is 5.91 Å². The van der Waals surface area contributed by atoms with Gasteiger partial charge in [0.05, 0.1) is 22.4 Å². The van der Waals surface area contributed by atoms with Crippen LogP contribution >= 0.6 is 0 Å². The Morgan fingerprint density at radius 2 is 1.25 bits per heavy atom. The van der Waals surface area contributed by atoms with Crippen molar-refractivity contribution in [1.29, 1.82) is 0 Å². The monoisotopic (exact) mass is 502 g/mol. The van der Waals surface area contributed by atoms with E-state index >= 15 is 0 Å². The van der Waals surface area contributed by atoms with Crippen molar-refractivity contribution < 1.29 is 31.1 Å². The van der Waals surface area contributed by atoms with Crippen molar-refractivity contribution in [3.8, 4) is 22.4 Å². The van der Waals surface area contributed by atoms with Crippen LogP contribution in [-0.2, 0) is 18.9 Å². The van der Waals surface area contributed by atoms with E-state index in [1.165, 1.54) is 4.57 Å². The van der Waals surface area contributed by atoms with Crippen LogP contribution in [0.4, 0.5) is 26.3 Å². The van der Waals surface area contributed by atoms with E-state index < -0.39 is 29.4 Å². The van der Waals surface area contributed by atoms with Crippen LogP contribution in [0.2, 0.25) is 0 Å². The molecule has 186 valence electrons. The maximum atomic E-state index is 13.5. The van der Waals surface area contributed by atoms with E-state index in [1.54, 1.807) is 67.6 Å². The normalized spacial score (nSPS) is 12.1. The van der Waals surface area contributed by atoms with Gasteiger partial charge in [0.2, 0.25) is 0 Å². The van der Waals surface area contributed by atoms with Crippen LogP contribution in [0.15, 0.2) is 78.9 Å². The molecule has 36 heavy (non-hydrogen) atoms. The van der Waals surface area contributed by atoms with Gasteiger partial charge < -0.3 is 10.3 Å². The predicted octanol–water partition coefficient (Wildman–Crippen LogP) is 7.32. The Morgan fingerprint density at radius 1 is 0.778 bits per heavy atom. The zero-order valence-electron chi connectivity index (χ0n) is 18.9. The fraction of sp³-hybridized carbons (Fsp3) is 0.148. The summed E-state index contributed by atoms with van der Waals surface area (Å²) in [7, 11) is 0. The van der Waals surface area contributed by atoms with Gasteiger partial charge in [-0.2, -0.15) is 26.3 Å². The highest BCUT2D eigenvalue weighted by atomic mass is 19.4. The standard InChI is InChI=1S/C27H20F6N2O/c1-16-22(25(34)36)23(18-8-4-2-5-9-18)24(19-10-6-3-7-11-19)35(16)15-17-12-20(26(28,29)30)14-21(13-17)27(31,32)33/h2-14H,15H2,1H3,(H2,34,36). The number of rotatable bonds is 5. The van der Waals surface area contributed by atoms with Gasteiger partial charge in [-0.3, -0.25) is 4.79 Å². The maximum Gasteiger partial charge on any atom is 0.416 e. The Kier molecular flexibility index (Phi) is 6.43. The summed E-state index contributed by atoms with van der Waals surface area (Å²) in [6, 6.07) is 19.0. The van der Waals surface area contributed by atoms with Crippen LogP contribution in [0.5, 0.6) is 0 Å². The van der Waals surface area contributed by atoms with Crippen LogP contribution in [-0.4, -0.2) is 10.5 Å². The number of primary amides is 1. The fourth-order valence-corrected chi connectivity index (χ4v) is 4.31. The number of alkyl halides is 6. The molecule has 3 nitrogen and oxygen atoms in total. The second-order valence-electron chi connectivity index (χ2n) is 8.28. The van der Waals surface area contributed by atoms with Gasteiger partial charge in [0.15, 0.2) is 0 Å². The molecule has 4 rings (SSSR count). The van der Waals surface area contributed by atoms with Gasteiger partial charge >= 0.3 is 12.4 Å². The number of aromatic nitrogens is 1. The Bertz CT molecular complexity index is 1370. The summed E-state index contributed by atoms with van der Waals surface area (Å²) in [6.07, 6.45) is -9.95. The van der Waals surface area contributed by atoms with Crippen LogP contribution in [0.3, 0.4) is 0 Å². The van der Waals surface area contributed by atoms with E-state index in [-0.39, 0.29) is 23.7 Å². The first-order valence-electron chi connectivity index (χ1n) is 10.8. The highest BCUT2D eigenvalue weighted by molar-refractivity contribution is 6.05. The molecule has 0 spiro atoms. The van der Waals surface area contributed by atoms with Crippen molar-refractivity contribution in [3.63, 3.8) is 0 Å². The van der Waals surface area contributed by atoms with Crippen molar-refractivity contribution >= 4 is 5.91 Å². The molecular formula is C27H20F6N2O. The average Bonchev–Trinajstić information content (AvgIpc) is 3.11. The zero-order valence-corrected chi connectivity index (χ0v) is 18.9. The van der Waals surface area contributed by atoms with Crippen molar-refractivity contribution in [3.05, 3.63) is 107 Å². The van der Waals surface area contributed by atoms with E-state index in [9.17, 15) is 31.1 Å². The van der Waals surface area contributed by atoms with Crippen molar-refractivity contribution in [2.45, 2.75) is 25.8 Å². The van der Waals surface area contributed by atoms with Crippen LogP contribution in [0.25, 0.3) is 22.4 Å². The summed E-state index contributed by atoms with van der Waals surface area (Å²) in [5, 5.41) is 0. The molecule has 1 amide bonds. The first-order chi connectivity index (χ1) is 16.9. The van der Waals surface area contributed by atoms with E-state index in [0.717, 1.165) is 0 Å². The van der Waals surface area contributed by atoms with Gasteiger partial charge in [0.1, 0.15) is 0 Å². The Morgan fingerprint density at radius 3 is 1.69 bits per heavy atom. The van der Waals surface area contributed by atoms with Crippen LogP contribution in [0.1, 0.15) is 32.7 Å². The molecule has 0 saturated carbocycles. The highest BCUT2D eigenvalue weighted by Crippen LogP contribution is 2.41. The SMILES string of the molecule is Cc1c(C(N)=O)c(-c2ccccc2)c(-c2ccccc2)n1Cc1cc(C(F)(F)F)cc(C(F)(F)F)c1. The lowest BCUT2D eigenvalue weighted by molar-refractivity contribution is -0.143. The molecule has 2 N–H and O–H groups in total. The Balaban J connectivity index is 2.02. The number of amides is 1. The number of hydrogen-bond acceptors (Lipinski definition) is 1. The third-order valence-electron chi connectivity index (χ3n) is 5.87. The summed E-state index contributed by atoms with van der Waals surface area (Å²) in [5.41, 5.74) is 5.32. The molecule has 9 heteroatoms. The third kappa shape index (κ3) is 4.86. The molecule has 0 unspecified atom stereocenters. The number of carbonyl (C=O) groups is 1. The summed E-state index contributed by atoms with van der Waals surface area (Å²) in [5.74, 6) is -0.762. The topological polar surface area (TPSA) is 48.0 Å². The molecule has 0 atom stereocenters. The van der Waals surface area contributed by atoms with Crippen LogP contribution < -0.4 is 5.73 Å². The zero-order chi connectivity index (χ0) is 26.3. The molecule has 0 aliphatic heterocycles. The number of hydrogen-bond donors (Lipinski definition) is 1. The number of carbonyl (C=O) groups excluding carboxylic acids is 1. The highest BCUT2D eigenvalue weighted by Gasteiger charge is 2.37. The Hall–Kier alpha value is -4.01. The van der Waals surface area contributed by atoms with Crippen LogP contribution in [0, 0.1) is 6.92 Å². The molecule has 1 aromatic heterocycles. The molecule has 0 fully saturated rings. The first-order valence-corrected chi connectivity index (χ1v) is 10.8. The third-order valence-corrected chi connectivity index (χ3v) is 5.87. The van der Waals surface area contributed by atoms with Gasteiger partial charge in [-0.05, 0) is 41.8 Å². The lowest BCUT2D eigenvalue weighted by Crippen LogP contribution is -2.15. The minimum atomic E-state index is -4.97. The summed E-state index contributed by atoms with van der Waals surface area (Å²) in [4.78, 5) is 12.5. The molecule has 1 heterocycles. The molecule has 3 aromatic carbocycles. The molecule has 4 aromatic rings. The van der Waals surface area contributed by atoms with Gasteiger partial charge in [-0.15, -0.1) is 0 Å². The van der Waals surface area contributed by atoms with E-state index in [0.29, 0.717) is 40.2 Å². The molecule has 0 radical (unpaired) electrons. The second kappa shape index (κ2) is 9.22. The van der Waals surface area contributed by atoms with Gasteiger partial charge in [-0.25, -0.2) is 0 Å². The van der Waals surface area contributed by atoms with Gasteiger partial charge in [-0.1, -0.05) is 60.7 Å². The average molecular weight is 502 g/mol. The van der Waals surface area contributed by atoms with Gasteiger partial charge in [0, 0.05) is 17.8 Å². The summed E-state index contributed by atoms with van der Waals surface area (Å²) in [6.45, 7) is 1.22. The molecular weight excluding hydrogens is 482 g/mol. The van der Waals surface area contributed by atoms with E-state index in [2.05, 4.69) is 0 Å². The second-order valence-corrected chi connectivity index (χ2v) is 8.28. The molecule has 0 aliphatic rings. The first kappa shape index (κ1) is 25.1. The van der Waals surface area contributed by atoms with Crippen molar-refractivity contribution in [2.24, 2.45) is 5.73 Å². The summed E-state index contributed by atoms with van der Waals surface area (Å²) < 4.78 is 82.3. The number of nitrogens with zero attached hydrogens (tertiary/aromatic N) is 1. The number of benzene rings is 3. The van der Waals surface area contributed by atoms with Crippen molar-refractivity contribution in [2.75, 3.05) is 0 Å². The lowest BCUT2D eigenvalue weighted by Gasteiger charge is -2.17. The fourth-order valence-electron chi connectivity index (χ4n) is 4.31. The van der Waals surface area contributed by atoms with E-state index in [4.69, 9.17) is 5.73 Å². The predicted molar refractivity (Wildman–Crippen MR) is 124 cm³/mol. The van der Waals surface area contributed by atoms with Crippen molar-refractivity contribution in [1.82, 2.24) is 4.57 Å².